The van der Waals surface area contributed by atoms with Gasteiger partial charge in [-0.05, 0) is 50.6 Å². The van der Waals surface area contributed by atoms with Crippen molar-refractivity contribution in [2.75, 3.05) is 6.61 Å². The topological polar surface area (TPSA) is 47.6 Å². The Morgan fingerprint density at radius 1 is 1.00 bits per heavy atom. The third-order valence-electron chi connectivity index (χ3n) is 5.19. The molecule has 0 saturated carbocycles. The minimum atomic E-state index is 0.605. The number of para-hydroxylation sites is 1. The Labute approximate surface area is 184 Å². The first-order valence-corrected chi connectivity index (χ1v) is 11.1. The van der Waals surface area contributed by atoms with Crippen LogP contribution in [0.3, 0.4) is 0 Å². The summed E-state index contributed by atoms with van der Waals surface area (Å²) in [4.78, 5) is 9.72. The van der Waals surface area contributed by atoms with Crippen LogP contribution in [0.4, 0.5) is 5.13 Å². The highest BCUT2D eigenvalue weighted by atomic mass is 32.1. The second-order valence-corrected chi connectivity index (χ2v) is 8.49. The van der Waals surface area contributed by atoms with Crippen LogP contribution in [0, 0.1) is 13.8 Å². The van der Waals surface area contributed by atoms with E-state index in [1.807, 2.05) is 31.2 Å². The zero-order chi connectivity index (χ0) is 21.4. The van der Waals surface area contributed by atoms with Gasteiger partial charge in [0.25, 0.3) is 0 Å². The molecule has 2 aromatic heterocycles. The molecule has 0 radical (unpaired) electrons. The molecule has 0 amide bonds. The number of nitrogens with zero attached hydrogens (tertiary/aromatic N) is 2. The number of thiazole rings is 1. The predicted molar refractivity (Wildman–Crippen MR) is 127 cm³/mol. The molecular weight excluding hydrogens is 404 g/mol. The van der Waals surface area contributed by atoms with Crippen LogP contribution in [0.1, 0.15) is 18.1 Å². The summed E-state index contributed by atoms with van der Waals surface area (Å²) >= 11 is 1.59. The van der Waals surface area contributed by atoms with Crippen molar-refractivity contribution in [1.82, 2.24) is 4.98 Å². The van der Waals surface area contributed by atoms with Crippen LogP contribution in [0.2, 0.25) is 0 Å². The number of aromatic nitrogens is 1. The second kappa shape index (κ2) is 8.00. The fourth-order valence-electron chi connectivity index (χ4n) is 3.58. The number of ether oxygens (including phenoxy) is 1. The van der Waals surface area contributed by atoms with Crippen molar-refractivity contribution < 1.29 is 9.15 Å². The summed E-state index contributed by atoms with van der Waals surface area (Å²) in [7, 11) is 0. The van der Waals surface area contributed by atoms with Crippen LogP contribution in [0.25, 0.3) is 32.5 Å². The normalized spacial score (nSPS) is 12.0. The molecule has 0 bridgehead atoms. The number of aryl methyl sites for hydroxylation is 2. The molecule has 0 spiro atoms. The fourth-order valence-corrected chi connectivity index (χ4v) is 4.51. The number of fused-ring (bicyclic) bond motifs is 2. The Bertz CT molecular complexity index is 1460. The van der Waals surface area contributed by atoms with Gasteiger partial charge >= 0.3 is 0 Å². The summed E-state index contributed by atoms with van der Waals surface area (Å²) in [6, 6.07) is 22.4. The Morgan fingerprint density at radius 2 is 1.84 bits per heavy atom. The quantitative estimate of drug-likeness (QED) is 0.312. The summed E-state index contributed by atoms with van der Waals surface area (Å²) in [5.74, 6) is 1.57. The molecule has 5 aromatic rings. The Morgan fingerprint density at radius 3 is 2.61 bits per heavy atom. The first kappa shape index (κ1) is 19.5. The van der Waals surface area contributed by atoms with Crippen LogP contribution in [-0.2, 0) is 0 Å². The maximum absolute atomic E-state index is 6.24. The number of rotatable bonds is 4. The standard InChI is InChI=1S/C26H22N2O2S/c1-4-29-19-12-13-22-20(14-19)21(15-23(30-22)18-10-8-16(2)9-11-18)27-26-28-25-17(3)6-5-7-24(25)31-26/h5-15H,4H2,1-3H3. The smallest absolute Gasteiger partial charge is 0.210 e. The van der Waals surface area contributed by atoms with Crippen LogP contribution < -0.4 is 10.1 Å². The molecule has 0 atom stereocenters. The van der Waals surface area contributed by atoms with Crippen molar-refractivity contribution >= 4 is 37.7 Å². The highest BCUT2D eigenvalue weighted by Crippen LogP contribution is 2.30. The molecule has 3 aromatic carbocycles. The lowest BCUT2D eigenvalue weighted by Gasteiger charge is -2.07. The van der Waals surface area contributed by atoms with E-state index >= 15 is 0 Å². The lowest BCUT2D eigenvalue weighted by Crippen LogP contribution is -2.04. The minimum absolute atomic E-state index is 0.605. The minimum Gasteiger partial charge on any atom is -0.494 e. The van der Waals surface area contributed by atoms with E-state index in [2.05, 4.69) is 56.3 Å². The van der Waals surface area contributed by atoms with Gasteiger partial charge in [0.05, 0.1) is 22.2 Å². The molecule has 5 heteroatoms. The lowest BCUT2D eigenvalue weighted by atomic mass is 10.1. The van der Waals surface area contributed by atoms with E-state index in [4.69, 9.17) is 19.1 Å². The Kier molecular flexibility index (Phi) is 5.04. The monoisotopic (exact) mass is 426 g/mol. The molecule has 0 aliphatic rings. The number of benzene rings is 3. The van der Waals surface area contributed by atoms with Gasteiger partial charge in [-0.25, -0.2) is 9.98 Å². The first-order chi connectivity index (χ1) is 15.1. The van der Waals surface area contributed by atoms with Gasteiger partial charge < -0.3 is 9.15 Å². The average Bonchev–Trinajstić information content (AvgIpc) is 3.19. The van der Waals surface area contributed by atoms with E-state index in [1.165, 1.54) is 5.56 Å². The van der Waals surface area contributed by atoms with Crippen LogP contribution in [0.15, 0.2) is 76.1 Å². The van der Waals surface area contributed by atoms with Gasteiger partial charge in [0.1, 0.15) is 17.1 Å². The van der Waals surface area contributed by atoms with Crippen LogP contribution in [-0.4, -0.2) is 11.6 Å². The van der Waals surface area contributed by atoms with Crippen LogP contribution >= 0.6 is 11.3 Å². The summed E-state index contributed by atoms with van der Waals surface area (Å²) in [6.45, 7) is 6.73. The molecule has 0 unspecified atom stereocenters. The lowest BCUT2D eigenvalue weighted by molar-refractivity contribution is 0.340. The van der Waals surface area contributed by atoms with Gasteiger partial charge in [0.15, 0.2) is 0 Å². The highest BCUT2D eigenvalue weighted by molar-refractivity contribution is 7.21. The van der Waals surface area contributed by atoms with E-state index in [1.54, 1.807) is 11.3 Å². The summed E-state index contributed by atoms with van der Waals surface area (Å²) in [5.41, 5.74) is 5.14. The third kappa shape index (κ3) is 3.84. The summed E-state index contributed by atoms with van der Waals surface area (Å²) in [6.07, 6.45) is 0. The molecule has 0 fully saturated rings. The second-order valence-electron chi connectivity index (χ2n) is 7.48. The van der Waals surface area contributed by atoms with Gasteiger partial charge in [-0.2, -0.15) is 0 Å². The maximum Gasteiger partial charge on any atom is 0.210 e. The van der Waals surface area contributed by atoms with Gasteiger partial charge in [0, 0.05) is 17.0 Å². The molecule has 0 N–H and O–H groups in total. The summed E-state index contributed by atoms with van der Waals surface area (Å²) in [5, 5.41) is 2.45. The van der Waals surface area contributed by atoms with Gasteiger partial charge in [0.2, 0.25) is 5.13 Å². The molecule has 5 rings (SSSR count). The number of hydrogen-bond acceptors (Lipinski definition) is 5. The third-order valence-corrected chi connectivity index (χ3v) is 6.10. The molecule has 0 aliphatic heterocycles. The van der Waals surface area contributed by atoms with Gasteiger partial charge in [-0.15, -0.1) is 0 Å². The SMILES string of the molecule is CCOc1ccc2oc(-c3ccc(C)cc3)cc(=Nc3nc4c(C)cccc4s3)c2c1. The predicted octanol–water partition coefficient (Wildman–Crippen LogP) is 6.96. The highest BCUT2D eigenvalue weighted by Gasteiger charge is 2.10. The molecule has 2 heterocycles. The van der Waals surface area contributed by atoms with Crippen molar-refractivity contribution in [2.45, 2.75) is 20.8 Å². The molecular formula is C26H22N2O2S. The van der Waals surface area contributed by atoms with E-state index in [-0.39, 0.29) is 0 Å². The molecule has 31 heavy (non-hydrogen) atoms. The first-order valence-electron chi connectivity index (χ1n) is 10.3. The van der Waals surface area contributed by atoms with Crippen molar-refractivity contribution in [1.29, 1.82) is 0 Å². The van der Waals surface area contributed by atoms with Crippen molar-refractivity contribution in [2.24, 2.45) is 4.99 Å². The van der Waals surface area contributed by atoms with Crippen LogP contribution in [0.5, 0.6) is 5.75 Å². The average molecular weight is 427 g/mol. The zero-order valence-electron chi connectivity index (χ0n) is 17.7. The molecule has 154 valence electrons. The molecule has 4 nitrogen and oxygen atoms in total. The van der Waals surface area contributed by atoms with Crippen molar-refractivity contribution in [3.05, 3.63) is 83.2 Å². The fraction of sp³-hybridized carbons (Fsp3) is 0.154. The van der Waals surface area contributed by atoms with E-state index in [0.29, 0.717) is 6.61 Å². The maximum atomic E-state index is 6.24. The molecule has 0 saturated heterocycles. The largest absolute Gasteiger partial charge is 0.494 e. The van der Waals surface area contributed by atoms with Gasteiger partial charge in [-0.3, -0.25) is 0 Å². The van der Waals surface area contributed by atoms with Gasteiger partial charge in [-0.1, -0.05) is 53.3 Å². The molecule has 0 aliphatic carbocycles. The Balaban J connectivity index is 1.76. The van der Waals surface area contributed by atoms with E-state index in [9.17, 15) is 0 Å². The Hall–Kier alpha value is -3.44. The van der Waals surface area contributed by atoms with E-state index < -0.39 is 0 Å². The van der Waals surface area contributed by atoms with E-state index in [0.717, 1.165) is 54.3 Å². The zero-order valence-corrected chi connectivity index (χ0v) is 18.5. The number of hydrogen-bond donors (Lipinski definition) is 0. The van der Waals surface area contributed by atoms with Crippen molar-refractivity contribution in [3.8, 4) is 17.1 Å². The van der Waals surface area contributed by atoms with Crippen molar-refractivity contribution in [3.63, 3.8) is 0 Å². The summed E-state index contributed by atoms with van der Waals surface area (Å²) < 4.78 is 13.1.